The van der Waals surface area contributed by atoms with Crippen LogP contribution in [0.2, 0.25) is 0 Å². The minimum atomic E-state index is -0.818. The van der Waals surface area contributed by atoms with Crippen LogP contribution in [-0.2, 0) is 15.6 Å². The maximum Gasteiger partial charge on any atom is 0.240 e. The van der Waals surface area contributed by atoms with Gasteiger partial charge in [-0.15, -0.1) is 0 Å². The third kappa shape index (κ3) is 4.41. The zero-order valence-corrected chi connectivity index (χ0v) is 11.9. The number of hydrogen-bond donors (Lipinski definition) is 1. The lowest BCUT2D eigenvalue weighted by atomic mass is 9.81. The molecule has 0 aromatic rings. The Bertz CT molecular complexity index is 341. The van der Waals surface area contributed by atoms with Crippen LogP contribution in [0.5, 0.6) is 0 Å². The van der Waals surface area contributed by atoms with Gasteiger partial charge in [-0.1, -0.05) is 25.7 Å². The average Bonchev–Trinajstić information content (AvgIpc) is 2.60. The van der Waals surface area contributed by atoms with E-state index in [9.17, 15) is 14.3 Å². The fraction of sp³-hybridized carbons (Fsp3) is 0.846. The molecule has 1 atom stereocenters. The largest absolute Gasteiger partial charge is 0.355 e. The predicted octanol–water partition coefficient (Wildman–Crippen LogP) is 1.74. The summed E-state index contributed by atoms with van der Waals surface area (Å²) in [6.45, 7) is 0.516. The van der Waals surface area contributed by atoms with Crippen LogP contribution in [0.25, 0.3) is 0 Å². The molecule has 0 radical (unpaired) electrons. The van der Waals surface area contributed by atoms with Crippen molar-refractivity contribution in [2.75, 3.05) is 18.6 Å². The van der Waals surface area contributed by atoms with Crippen LogP contribution in [0.15, 0.2) is 0 Å². The van der Waals surface area contributed by atoms with Gasteiger partial charge in [-0.25, -0.2) is 0 Å². The average molecular weight is 270 g/mol. The van der Waals surface area contributed by atoms with E-state index in [2.05, 4.69) is 11.4 Å². The predicted molar refractivity (Wildman–Crippen MR) is 72.3 cm³/mol. The highest BCUT2D eigenvalue weighted by atomic mass is 32.2. The van der Waals surface area contributed by atoms with Crippen LogP contribution in [0.3, 0.4) is 0 Å². The number of carbonyl (C=O) groups excluding carboxylic acids is 1. The fourth-order valence-corrected chi connectivity index (χ4v) is 2.92. The monoisotopic (exact) mass is 270 g/mol. The second-order valence-electron chi connectivity index (χ2n) is 4.99. The number of carbonyl (C=O) groups is 1. The van der Waals surface area contributed by atoms with Crippen molar-refractivity contribution in [1.82, 2.24) is 5.32 Å². The Balaban J connectivity index is 2.46. The highest BCUT2D eigenvalue weighted by molar-refractivity contribution is 7.84. The van der Waals surface area contributed by atoms with E-state index in [1.165, 1.54) is 0 Å². The van der Waals surface area contributed by atoms with Crippen LogP contribution in [-0.4, -0.2) is 28.7 Å². The summed E-state index contributed by atoms with van der Waals surface area (Å²) >= 11 is 0. The number of hydrogen-bond acceptors (Lipinski definition) is 3. The summed E-state index contributed by atoms with van der Waals surface area (Å²) in [4.78, 5) is 12.1. The normalized spacial score (nSPS) is 20.4. The van der Waals surface area contributed by atoms with Crippen molar-refractivity contribution in [2.45, 2.75) is 44.9 Å². The van der Waals surface area contributed by atoms with E-state index >= 15 is 0 Å². The van der Waals surface area contributed by atoms with Crippen LogP contribution in [0.4, 0.5) is 0 Å². The quantitative estimate of drug-likeness (QED) is 0.611. The first-order valence-corrected chi connectivity index (χ1v) is 8.33. The van der Waals surface area contributed by atoms with Gasteiger partial charge in [0.25, 0.3) is 0 Å². The number of amides is 1. The maximum absolute atomic E-state index is 12.1. The molecule has 1 amide bonds. The van der Waals surface area contributed by atoms with Crippen molar-refractivity contribution in [3.05, 3.63) is 0 Å². The summed E-state index contributed by atoms with van der Waals surface area (Å²) in [7, 11) is -0.816. The summed E-state index contributed by atoms with van der Waals surface area (Å²) in [5.41, 5.74) is -0.818. The van der Waals surface area contributed by atoms with Crippen molar-refractivity contribution in [2.24, 2.45) is 5.41 Å². The molecule has 1 saturated carbocycles. The molecule has 5 heteroatoms. The molecule has 18 heavy (non-hydrogen) atoms. The molecule has 4 nitrogen and oxygen atoms in total. The van der Waals surface area contributed by atoms with E-state index in [0.717, 1.165) is 25.7 Å². The van der Waals surface area contributed by atoms with Gasteiger partial charge in [-0.3, -0.25) is 9.00 Å². The molecule has 0 saturated heterocycles. The van der Waals surface area contributed by atoms with Crippen molar-refractivity contribution in [1.29, 1.82) is 5.26 Å². The van der Waals surface area contributed by atoms with Gasteiger partial charge in [0.05, 0.1) is 6.07 Å². The lowest BCUT2D eigenvalue weighted by molar-refractivity contribution is -0.128. The number of nitriles is 1. The van der Waals surface area contributed by atoms with E-state index in [4.69, 9.17) is 0 Å². The minimum absolute atomic E-state index is 0.131. The van der Waals surface area contributed by atoms with Crippen LogP contribution >= 0.6 is 0 Å². The lowest BCUT2D eigenvalue weighted by Gasteiger charge is -2.23. The molecule has 102 valence electrons. The SMILES string of the molecule is CS(=O)CCCNC(=O)C1(C#N)CCCCCC1. The Hall–Kier alpha value is -0.890. The second kappa shape index (κ2) is 7.52. The Morgan fingerprint density at radius 3 is 2.44 bits per heavy atom. The summed E-state index contributed by atoms with van der Waals surface area (Å²) in [5, 5.41) is 12.2. The summed E-state index contributed by atoms with van der Waals surface area (Å²) < 4.78 is 10.9. The van der Waals surface area contributed by atoms with Gasteiger partial charge < -0.3 is 5.32 Å². The summed E-state index contributed by atoms with van der Waals surface area (Å²) in [6, 6.07) is 2.23. The molecule has 1 N–H and O–H groups in total. The molecule has 0 heterocycles. The Kier molecular flexibility index (Phi) is 6.34. The first-order valence-electron chi connectivity index (χ1n) is 6.60. The number of nitrogens with one attached hydrogen (secondary N) is 1. The first kappa shape index (κ1) is 15.2. The molecule has 1 unspecified atom stereocenters. The third-order valence-electron chi connectivity index (χ3n) is 3.50. The topological polar surface area (TPSA) is 70.0 Å². The van der Waals surface area contributed by atoms with Gasteiger partial charge in [0.15, 0.2) is 0 Å². The van der Waals surface area contributed by atoms with E-state index < -0.39 is 16.2 Å². The van der Waals surface area contributed by atoms with Gasteiger partial charge in [0.1, 0.15) is 5.41 Å². The highest BCUT2D eigenvalue weighted by Crippen LogP contribution is 2.34. The third-order valence-corrected chi connectivity index (χ3v) is 4.36. The molecule has 1 aliphatic rings. The van der Waals surface area contributed by atoms with Crippen molar-refractivity contribution in [3.63, 3.8) is 0 Å². The van der Waals surface area contributed by atoms with Crippen molar-refractivity contribution < 1.29 is 9.00 Å². The molecule has 1 rings (SSSR count). The molecule has 0 aliphatic heterocycles. The standard InChI is InChI=1S/C13H22N2O2S/c1-18(17)10-6-9-15-12(16)13(11-14)7-4-2-3-5-8-13/h2-10H2,1H3,(H,15,16). The van der Waals surface area contributed by atoms with Crippen molar-refractivity contribution >= 4 is 16.7 Å². The van der Waals surface area contributed by atoms with E-state index in [-0.39, 0.29) is 5.91 Å². The van der Waals surface area contributed by atoms with Gasteiger partial charge in [-0.2, -0.15) is 5.26 Å². The number of nitrogens with zero attached hydrogens (tertiary/aromatic N) is 1. The van der Waals surface area contributed by atoms with Gasteiger partial charge in [0.2, 0.25) is 5.91 Å². The zero-order valence-electron chi connectivity index (χ0n) is 11.0. The van der Waals surface area contributed by atoms with E-state index in [0.29, 0.717) is 31.6 Å². The van der Waals surface area contributed by atoms with E-state index in [1.54, 1.807) is 6.26 Å². The smallest absolute Gasteiger partial charge is 0.240 e. The minimum Gasteiger partial charge on any atom is -0.355 e. The molecular formula is C13H22N2O2S. The summed E-state index contributed by atoms with van der Waals surface area (Å²) in [5.74, 6) is 0.466. The highest BCUT2D eigenvalue weighted by Gasteiger charge is 2.38. The zero-order chi connectivity index (χ0) is 13.4. The van der Waals surface area contributed by atoms with Crippen LogP contribution in [0, 0.1) is 16.7 Å². The summed E-state index contributed by atoms with van der Waals surface area (Å²) in [6.07, 6.45) is 7.86. The molecule has 0 bridgehead atoms. The molecule has 0 spiro atoms. The van der Waals surface area contributed by atoms with Gasteiger partial charge in [-0.05, 0) is 19.3 Å². The maximum atomic E-state index is 12.1. The van der Waals surface area contributed by atoms with Gasteiger partial charge >= 0.3 is 0 Å². The molecule has 0 aromatic heterocycles. The Morgan fingerprint density at radius 1 is 1.33 bits per heavy atom. The molecule has 1 aliphatic carbocycles. The first-order chi connectivity index (χ1) is 8.60. The molecular weight excluding hydrogens is 248 g/mol. The number of rotatable bonds is 5. The van der Waals surface area contributed by atoms with Gasteiger partial charge in [0, 0.05) is 29.4 Å². The molecule has 1 fully saturated rings. The Morgan fingerprint density at radius 2 is 1.94 bits per heavy atom. The van der Waals surface area contributed by atoms with Crippen molar-refractivity contribution in [3.8, 4) is 6.07 Å². The van der Waals surface area contributed by atoms with Crippen LogP contribution in [0.1, 0.15) is 44.9 Å². The Labute approximate surface area is 112 Å². The lowest BCUT2D eigenvalue weighted by Crippen LogP contribution is -2.40. The van der Waals surface area contributed by atoms with Crippen LogP contribution < -0.4 is 5.32 Å². The van der Waals surface area contributed by atoms with E-state index in [1.807, 2.05) is 0 Å². The second-order valence-corrected chi connectivity index (χ2v) is 6.55. The fourth-order valence-electron chi connectivity index (χ4n) is 2.37. The molecule has 0 aromatic carbocycles.